The highest BCUT2D eigenvalue weighted by molar-refractivity contribution is 9.11. The molecule has 6 heteroatoms. The maximum absolute atomic E-state index is 12.5. The van der Waals surface area contributed by atoms with E-state index in [1.54, 1.807) is 6.07 Å². The Kier molecular flexibility index (Phi) is 5.29. The average Bonchev–Trinajstić information content (AvgIpc) is 2.79. The second kappa shape index (κ2) is 7.30. The smallest absolute Gasteiger partial charge is 0.299 e. The number of ether oxygens (including phenoxy) is 1. The van der Waals surface area contributed by atoms with Gasteiger partial charge in [-0.2, -0.15) is 0 Å². The van der Waals surface area contributed by atoms with Gasteiger partial charge in [-0.1, -0.05) is 48.0 Å². The lowest BCUT2D eigenvalue weighted by atomic mass is 10.1. The molecule has 1 amide bonds. The first-order chi connectivity index (χ1) is 11.9. The summed E-state index contributed by atoms with van der Waals surface area (Å²) in [4.78, 5) is 26.4. The minimum absolute atomic E-state index is 0.284. The molecule has 0 saturated heterocycles. The van der Waals surface area contributed by atoms with E-state index in [-0.39, 0.29) is 6.54 Å². The fraction of sp³-hybridized carbons (Fsp3) is 0.263. The van der Waals surface area contributed by atoms with Gasteiger partial charge < -0.3 is 4.74 Å². The van der Waals surface area contributed by atoms with Gasteiger partial charge in [-0.25, -0.2) is 0 Å². The van der Waals surface area contributed by atoms with Crippen molar-refractivity contribution in [3.8, 4) is 5.75 Å². The summed E-state index contributed by atoms with van der Waals surface area (Å²) >= 11 is 6.83. The van der Waals surface area contributed by atoms with Crippen LogP contribution in [-0.2, 0) is 11.3 Å². The van der Waals surface area contributed by atoms with Gasteiger partial charge in [-0.05, 0) is 40.0 Å². The number of fused-ring (bicyclic) bond motifs is 1. The van der Waals surface area contributed by atoms with E-state index in [0.29, 0.717) is 28.2 Å². The van der Waals surface area contributed by atoms with E-state index in [4.69, 9.17) is 4.74 Å². The van der Waals surface area contributed by atoms with Crippen molar-refractivity contribution in [3.05, 3.63) is 56.5 Å². The van der Waals surface area contributed by atoms with Crippen molar-refractivity contribution in [2.75, 3.05) is 11.5 Å². The Labute approximate surface area is 163 Å². The van der Waals surface area contributed by atoms with E-state index in [1.807, 2.05) is 30.3 Å². The quantitative estimate of drug-likeness (QED) is 0.584. The van der Waals surface area contributed by atoms with Crippen LogP contribution in [0.2, 0.25) is 0 Å². The Morgan fingerprint density at radius 2 is 1.84 bits per heavy atom. The van der Waals surface area contributed by atoms with Crippen LogP contribution in [0.5, 0.6) is 5.75 Å². The van der Waals surface area contributed by atoms with Crippen molar-refractivity contribution >= 4 is 49.2 Å². The van der Waals surface area contributed by atoms with Gasteiger partial charge in [0.05, 0.1) is 24.4 Å². The number of halogens is 2. The lowest BCUT2D eigenvalue weighted by Gasteiger charge is -2.20. The zero-order valence-electron chi connectivity index (χ0n) is 13.9. The second-order valence-electron chi connectivity index (χ2n) is 6.32. The van der Waals surface area contributed by atoms with E-state index in [2.05, 4.69) is 45.7 Å². The molecular weight excluding hydrogens is 450 g/mol. The summed E-state index contributed by atoms with van der Waals surface area (Å²) in [6.07, 6.45) is 0. The zero-order valence-corrected chi connectivity index (χ0v) is 17.1. The summed E-state index contributed by atoms with van der Waals surface area (Å²) in [5.74, 6) is 0.124. The Hall–Kier alpha value is -1.66. The van der Waals surface area contributed by atoms with Crippen LogP contribution in [0.25, 0.3) is 0 Å². The molecule has 1 aliphatic rings. The molecule has 3 rings (SSSR count). The molecule has 0 spiro atoms. The second-order valence-corrected chi connectivity index (χ2v) is 8.09. The standard InChI is InChI=1S/C19H17Br2NO3/c1-11(2)10-25-16-6-4-3-5-12(16)9-22-17-14(18(23)19(22)24)7-13(20)8-15(17)21/h3-8,11H,9-10H2,1-2H3. The van der Waals surface area contributed by atoms with Gasteiger partial charge in [0, 0.05) is 14.5 Å². The maximum Gasteiger partial charge on any atom is 0.299 e. The van der Waals surface area contributed by atoms with Crippen LogP contribution in [0, 0.1) is 5.92 Å². The van der Waals surface area contributed by atoms with Crippen molar-refractivity contribution in [1.82, 2.24) is 0 Å². The van der Waals surface area contributed by atoms with Gasteiger partial charge in [0.25, 0.3) is 11.7 Å². The molecule has 0 aromatic heterocycles. The maximum atomic E-state index is 12.5. The first-order valence-electron chi connectivity index (χ1n) is 7.94. The number of benzene rings is 2. The molecule has 1 heterocycles. The highest BCUT2D eigenvalue weighted by atomic mass is 79.9. The highest BCUT2D eigenvalue weighted by Crippen LogP contribution is 2.40. The number of hydrogen-bond acceptors (Lipinski definition) is 3. The van der Waals surface area contributed by atoms with Crippen molar-refractivity contribution in [2.45, 2.75) is 20.4 Å². The van der Waals surface area contributed by atoms with Crippen LogP contribution in [0.15, 0.2) is 45.3 Å². The summed E-state index contributed by atoms with van der Waals surface area (Å²) in [7, 11) is 0. The van der Waals surface area contributed by atoms with Gasteiger partial charge in [0.15, 0.2) is 0 Å². The Bertz CT molecular complexity index is 849. The van der Waals surface area contributed by atoms with Crippen molar-refractivity contribution in [2.24, 2.45) is 5.92 Å². The van der Waals surface area contributed by atoms with Gasteiger partial charge in [-0.15, -0.1) is 0 Å². The van der Waals surface area contributed by atoms with E-state index < -0.39 is 11.7 Å². The molecule has 0 fully saturated rings. The largest absolute Gasteiger partial charge is 0.493 e. The lowest BCUT2D eigenvalue weighted by molar-refractivity contribution is -0.114. The lowest BCUT2D eigenvalue weighted by Crippen LogP contribution is -2.29. The Balaban J connectivity index is 1.95. The number of amides is 1. The third-order valence-electron chi connectivity index (χ3n) is 3.86. The first-order valence-corrected chi connectivity index (χ1v) is 9.53. The van der Waals surface area contributed by atoms with Gasteiger partial charge >= 0.3 is 0 Å². The number of carbonyl (C=O) groups is 2. The predicted molar refractivity (Wildman–Crippen MR) is 104 cm³/mol. The number of Topliss-reactive ketones (excluding diaryl/α,β-unsaturated/α-hetero) is 1. The minimum atomic E-state index is -0.521. The molecular formula is C19H17Br2NO3. The van der Waals surface area contributed by atoms with E-state index in [9.17, 15) is 9.59 Å². The third kappa shape index (κ3) is 3.65. The number of rotatable bonds is 5. The number of para-hydroxylation sites is 1. The van der Waals surface area contributed by atoms with Crippen LogP contribution < -0.4 is 9.64 Å². The molecule has 0 radical (unpaired) electrons. The van der Waals surface area contributed by atoms with E-state index >= 15 is 0 Å². The predicted octanol–water partition coefficient (Wildman–Crippen LogP) is 4.98. The average molecular weight is 467 g/mol. The minimum Gasteiger partial charge on any atom is -0.493 e. The van der Waals surface area contributed by atoms with Crippen LogP contribution >= 0.6 is 31.9 Å². The number of carbonyl (C=O) groups excluding carboxylic acids is 2. The first kappa shape index (κ1) is 18.1. The Morgan fingerprint density at radius 1 is 1.12 bits per heavy atom. The molecule has 4 nitrogen and oxygen atoms in total. The van der Waals surface area contributed by atoms with Gasteiger partial charge in [-0.3, -0.25) is 14.5 Å². The van der Waals surface area contributed by atoms with Crippen molar-refractivity contribution < 1.29 is 14.3 Å². The molecule has 0 saturated carbocycles. The normalized spacial score (nSPS) is 13.6. The molecule has 0 atom stereocenters. The summed E-state index contributed by atoms with van der Waals surface area (Å²) in [5.41, 5.74) is 1.88. The molecule has 0 unspecified atom stereocenters. The number of hydrogen-bond donors (Lipinski definition) is 0. The van der Waals surface area contributed by atoms with Crippen LogP contribution in [0.3, 0.4) is 0 Å². The SMILES string of the molecule is CC(C)COc1ccccc1CN1C(=O)C(=O)c2cc(Br)cc(Br)c21. The van der Waals surface area contributed by atoms with Gasteiger partial charge in [0.1, 0.15) is 5.75 Å². The monoisotopic (exact) mass is 465 g/mol. The van der Waals surface area contributed by atoms with E-state index in [1.165, 1.54) is 4.90 Å². The molecule has 130 valence electrons. The molecule has 1 aliphatic heterocycles. The van der Waals surface area contributed by atoms with Crippen LogP contribution in [0.4, 0.5) is 5.69 Å². The molecule has 0 N–H and O–H groups in total. The number of nitrogens with zero attached hydrogens (tertiary/aromatic N) is 1. The fourth-order valence-electron chi connectivity index (χ4n) is 2.71. The number of ketones is 1. The molecule has 0 aliphatic carbocycles. The topological polar surface area (TPSA) is 46.6 Å². The summed E-state index contributed by atoms with van der Waals surface area (Å²) in [6.45, 7) is 5.04. The van der Waals surface area contributed by atoms with E-state index in [0.717, 1.165) is 15.8 Å². The zero-order chi connectivity index (χ0) is 18.1. The number of anilines is 1. The summed E-state index contributed by atoms with van der Waals surface area (Å²) in [5, 5.41) is 0. The molecule has 2 aromatic carbocycles. The van der Waals surface area contributed by atoms with Crippen LogP contribution in [-0.4, -0.2) is 18.3 Å². The third-order valence-corrected chi connectivity index (χ3v) is 4.92. The van der Waals surface area contributed by atoms with Crippen LogP contribution in [0.1, 0.15) is 29.8 Å². The molecule has 25 heavy (non-hydrogen) atoms. The van der Waals surface area contributed by atoms with Crippen molar-refractivity contribution in [1.29, 1.82) is 0 Å². The molecule has 2 aromatic rings. The van der Waals surface area contributed by atoms with Crippen molar-refractivity contribution in [3.63, 3.8) is 0 Å². The summed E-state index contributed by atoms with van der Waals surface area (Å²) in [6, 6.07) is 11.1. The molecule has 0 bridgehead atoms. The van der Waals surface area contributed by atoms with Gasteiger partial charge in [0.2, 0.25) is 0 Å². The Morgan fingerprint density at radius 3 is 2.56 bits per heavy atom. The summed E-state index contributed by atoms with van der Waals surface area (Å²) < 4.78 is 7.32. The fourth-order valence-corrected chi connectivity index (χ4v) is 4.14. The highest BCUT2D eigenvalue weighted by Gasteiger charge is 2.38.